The lowest BCUT2D eigenvalue weighted by molar-refractivity contribution is -0.125. The van der Waals surface area contributed by atoms with E-state index in [2.05, 4.69) is 36.5 Å². The number of carbonyl (C=O) groups is 2. The largest absolute Gasteiger partial charge is 0.479 e. The van der Waals surface area contributed by atoms with Crippen LogP contribution in [0.4, 0.5) is 5.69 Å². The van der Waals surface area contributed by atoms with Gasteiger partial charge in [0.25, 0.3) is 5.91 Å². The molecule has 0 fully saturated rings. The molecule has 3 aromatic rings. The first-order valence-electron chi connectivity index (χ1n) is 10.9. The number of nitrogens with zero attached hydrogens (tertiary/aromatic N) is 1. The zero-order chi connectivity index (χ0) is 22.6. The molecule has 1 N–H and O–H groups in total. The molecule has 3 aromatic carbocycles. The Kier molecular flexibility index (Phi) is 6.26. The van der Waals surface area contributed by atoms with Gasteiger partial charge in [0, 0.05) is 24.9 Å². The van der Waals surface area contributed by atoms with Crippen molar-refractivity contribution in [2.45, 2.75) is 31.8 Å². The normalized spacial score (nSPS) is 15.6. The minimum atomic E-state index is -0.563. The van der Waals surface area contributed by atoms with Crippen LogP contribution >= 0.6 is 0 Å². The van der Waals surface area contributed by atoms with E-state index in [9.17, 15) is 9.59 Å². The number of para-hydroxylation sites is 2. The zero-order valence-corrected chi connectivity index (χ0v) is 18.5. The van der Waals surface area contributed by atoms with Crippen LogP contribution in [-0.2, 0) is 15.0 Å². The van der Waals surface area contributed by atoms with Gasteiger partial charge in [-0.2, -0.15) is 0 Å². The zero-order valence-electron chi connectivity index (χ0n) is 18.5. The number of nitrogens with one attached hydrogen (secondary N) is 1. The lowest BCUT2D eigenvalue weighted by Gasteiger charge is -2.33. The second-order valence-corrected chi connectivity index (χ2v) is 8.31. The highest BCUT2D eigenvalue weighted by atomic mass is 16.5. The fourth-order valence-corrected chi connectivity index (χ4v) is 4.15. The van der Waals surface area contributed by atoms with Gasteiger partial charge in [-0.3, -0.25) is 9.59 Å². The maximum Gasteiger partial charge on any atom is 0.267 e. The third-order valence-electron chi connectivity index (χ3n) is 6.10. The standard InChI is InChI=1S/C27H28N2O3/c1-20-26(31)29(23-15-9-10-16-24(23)32-20)18-17-25(30)28-19-27(2,21-11-5-3-6-12-21)22-13-7-4-8-14-22/h3-16,20H,17-19H2,1-2H3,(H,28,30). The monoisotopic (exact) mass is 428 g/mol. The molecule has 0 radical (unpaired) electrons. The Morgan fingerprint density at radius 2 is 1.50 bits per heavy atom. The quantitative estimate of drug-likeness (QED) is 0.610. The van der Waals surface area contributed by atoms with Crippen LogP contribution in [0, 0.1) is 0 Å². The van der Waals surface area contributed by atoms with Crippen molar-refractivity contribution in [2.75, 3.05) is 18.0 Å². The van der Waals surface area contributed by atoms with Crippen LogP contribution in [-0.4, -0.2) is 31.0 Å². The molecule has 32 heavy (non-hydrogen) atoms. The molecular weight excluding hydrogens is 400 g/mol. The topological polar surface area (TPSA) is 58.6 Å². The van der Waals surface area contributed by atoms with Gasteiger partial charge in [-0.25, -0.2) is 0 Å². The second-order valence-electron chi connectivity index (χ2n) is 8.31. The molecule has 4 rings (SSSR count). The molecule has 0 bridgehead atoms. The minimum Gasteiger partial charge on any atom is -0.479 e. The molecule has 1 atom stereocenters. The Bertz CT molecular complexity index is 1040. The van der Waals surface area contributed by atoms with Crippen LogP contribution in [0.2, 0.25) is 0 Å². The van der Waals surface area contributed by atoms with Crippen LogP contribution in [0.1, 0.15) is 31.4 Å². The number of hydrogen-bond acceptors (Lipinski definition) is 3. The first-order chi connectivity index (χ1) is 15.5. The van der Waals surface area contributed by atoms with Crippen molar-refractivity contribution in [3.05, 3.63) is 96.1 Å². The van der Waals surface area contributed by atoms with E-state index in [0.717, 1.165) is 11.1 Å². The number of rotatable bonds is 7. The van der Waals surface area contributed by atoms with Gasteiger partial charge in [0.1, 0.15) is 5.75 Å². The summed E-state index contributed by atoms with van der Waals surface area (Å²) in [7, 11) is 0. The molecular formula is C27H28N2O3. The third kappa shape index (κ3) is 4.37. The van der Waals surface area contributed by atoms with Gasteiger partial charge in [-0.05, 0) is 37.1 Å². The van der Waals surface area contributed by atoms with E-state index in [-0.39, 0.29) is 23.7 Å². The predicted molar refractivity (Wildman–Crippen MR) is 126 cm³/mol. The van der Waals surface area contributed by atoms with E-state index in [4.69, 9.17) is 4.74 Å². The van der Waals surface area contributed by atoms with Gasteiger partial charge in [-0.1, -0.05) is 72.8 Å². The van der Waals surface area contributed by atoms with Crippen molar-refractivity contribution in [3.63, 3.8) is 0 Å². The number of fused-ring (bicyclic) bond motifs is 1. The Balaban J connectivity index is 1.45. The molecule has 1 aliphatic heterocycles. The van der Waals surface area contributed by atoms with Gasteiger partial charge >= 0.3 is 0 Å². The van der Waals surface area contributed by atoms with Crippen molar-refractivity contribution in [3.8, 4) is 5.75 Å². The highest BCUT2D eigenvalue weighted by molar-refractivity contribution is 6.00. The van der Waals surface area contributed by atoms with E-state index in [1.807, 2.05) is 60.7 Å². The Labute approximate surface area is 189 Å². The molecule has 1 heterocycles. The summed E-state index contributed by atoms with van der Waals surface area (Å²) >= 11 is 0. The third-order valence-corrected chi connectivity index (χ3v) is 6.10. The summed E-state index contributed by atoms with van der Waals surface area (Å²) in [5, 5.41) is 3.10. The van der Waals surface area contributed by atoms with Crippen molar-refractivity contribution in [1.82, 2.24) is 5.32 Å². The smallest absolute Gasteiger partial charge is 0.267 e. The molecule has 1 unspecified atom stereocenters. The van der Waals surface area contributed by atoms with Gasteiger partial charge in [0.15, 0.2) is 6.10 Å². The molecule has 0 saturated heterocycles. The van der Waals surface area contributed by atoms with E-state index in [1.54, 1.807) is 11.8 Å². The van der Waals surface area contributed by atoms with E-state index in [0.29, 0.717) is 24.5 Å². The summed E-state index contributed by atoms with van der Waals surface area (Å²) in [6.07, 6.45) is -0.348. The molecule has 5 heteroatoms. The Morgan fingerprint density at radius 1 is 0.938 bits per heavy atom. The second kappa shape index (κ2) is 9.27. The van der Waals surface area contributed by atoms with Crippen LogP contribution in [0.3, 0.4) is 0 Å². The van der Waals surface area contributed by atoms with Crippen LogP contribution < -0.4 is 15.0 Å². The summed E-state index contributed by atoms with van der Waals surface area (Å²) < 4.78 is 5.68. The van der Waals surface area contributed by atoms with Crippen LogP contribution in [0.15, 0.2) is 84.9 Å². The molecule has 0 spiro atoms. The number of amides is 2. The number of carbonyl (C=O) groups excluding carboxylic acids is 2. The first kappa shape index (κ1) is 21.6. The molecule has 0 aliphatic carbocycles. The average Bonchev–Trinajstić information content (AvgIpc) is 2.84. The molecule has 1 aliphatic rings. The van der Waals surface area contributed by atoms with Crippen molar-refractivity contribution in [1.29, 1.82) is 0 Å². The summed E-state index contributed by atoms with van der Waals surface area (Å²) in [5.41, 5.74) is 2.62. The number of hydrogen-bond donors (Lipinski definition) is 1. The number of benzene rings is 3. The number of ether oxygens (including phenoxy) is 1. The first-order valence-corrected chi connectivity index (χ1v) is 10.9. The Morgan fingerprint density at radius 3 is 2.12 bits per heavy atom. The van der Waals surface area contributed by atoms with Gasteiger partial charge in [0.2, 0.25) is 5.91 Å². The molecule has 0 saturated carbocycles. The maximum atomic E-state index is 12.8. The fraction of sp³-hybridized carbons (Fsp3) is 0.259. The highest BCUT2D eigenvalue weighted by Crippen LogP contribution is 2.34. The lowest BCUT2D eigenvalue weighted by atomic mass is 9.76. The van der Waals surface area contributed by atoms with Crippen molar-refractivity contribution in [2.24, 2.45) is 0 Å². The Hall–Kier alpha value is -3.60. The summed E-state index contributed by atoms with van der Waals surface area (Å²) in [6, 6.07) is 27.8. The summed E-state index contributed by atoms with van der Waals surface area (Å²) in [4.78, 5) is 27.1. The van der Waals surface area contributed by atoms with Crippen molar-refractivity contribution < 1.29 is 14.3 Å². The maximum absolute atomic E-state index is 12.8. The fourth-order valence-electron chi connectivity index (χ4n) is 4.15. The van der Waals surface area contributed by atoms with E-state index in [1.165, 1.54) is 0 Å². The van der Waals surface area contributed by atoms with Crippen LogP contribution in [0.25, 0.3) is 0 Å². The minimum absolute atomic E-state index is 0.0903. The number of anilines is 1. The molecule has 5 nitrogen and oxygen atoms in total. The van der Waals surface area contributed by atoms with E-state index < -0.39 is 6.10 Å². The van der Waals surface area contributed by atoms with Gasteiger partial charge in [0.05, 0.1) is 5.69 Å². The molecule has 164 valence electrons. The average molecular weight is 429 g/mol. The van der Waals surface area contributed by atoms with Crippen molar-refractivity contribution >= 4 is 17.5 Å². The molecule has 2 amide bonds. The van der Waals surface area contributed by atoms with E-state index >= 15 is 0 Å². The predicted octanol–water partition coefficient (Wildman–Crippen LogP) is 4.31. The summed E-state index contributed by atoms with van der Waals surface area (Å²) in [5.74, 6) is 0.447. The van der Waals surface area contributed by atoms with Gasteiger partial charge < -0.3 is 15.0 Å². The summed E-state index contributed by atoms with van der Waals surface area (Å²) in [6.45, 7) is 4.64. The highest BCUT2D eigenvalue weighted by Gasteiger charge is 2.32. The molecule has 0 aromatic heterocycles. The SMILES string of the molecule is CC1Oc2ccccc2N(CCC(=O)NCC(C)(c2ccccc2)c2ccccc2)C1=O. The van der Waals surface area contributed by atoms with Crippen LogP contribution in [0.5, 0.6) is 5.75 Å². The van der Waals surface area contributed by atoms with Gasteiger partial charge in [-0.15, -0.1) is 0 Å². The lowest BCUT2D eigenvalue weighted by Crippen LogP contribution is -2.46.